The second kappa shape index (κ2) is 11.3. The van der Waals surface area contributed by atoms with Crippen LogP contribution in [-0.4, -0.2) is 35.6 Å². The number of benzene rings is 3. The third kappa shape index (κ3) is 6.44. The van der Waals surface area contributed by atoms with Gasteiger partial charge >= 0.3 is 5.97 Å². The average molecular weight is 605 g/mol. The number of ether oxygens (including phenoxy) is 1. The maximum atomic E-state index is 13.1. The van der Waals surface area contributed by atoms with E-state index in [1.807, 2.05) is 39.0 Å². The predicted octanol–water partition coefficient (Wildman–Crippen LogP) is 7.09. The van der Waals surface area contributed by atoms with Gasteiger partial charge in [0.05, 0.1) is 8.95 Å². The first-order chi connectivity index (χ1) is 16.5. The van der Waals surface area contributed by atoms with Crippen molar-refractivity contribution in [2.45, 2.75) is 33.1 Å². The Morgan fingerprint density at radius 1 is 1.06 bits per heavy atom. The zero-order valence-electron chi connectivity index (χ0n) is 19.9. The van der Waals surface area contributed by atoms with Crippen LogP contribution in [0.5, 0.6) is 17.2 Å². The molecule has 0 spiro atoms. The van der Waals surface area contributed by atoms with E-state index in [1.54, 1.807) is 42.3 Å². The van der Waals surface area contributed by atoms with E-state index in [2.05, 4.69) is 31.9 Å². The van der Waals surface area contributed by atoms with Crippen molar-refractivity contribution in [2.75, 3.05) is 18.5 Å². The molecule has 8 heteroatoms. The molecule has 0 radical (unpaired) electrons. The number of para-hydroxylation sites is 1. The lowest BCUT2D eigenvalue weighted by Gasteiger charge is -2.20. The van der Waals surface area contributed by atoms with Gasteiger partial charge in [-0.1, -0.05) is 26.0 Å². The molecule has 0 aliphatic rings. The van der Waals surface area contributed by atoms with Crippen LogP contribution >= 0.6 is 31.9 Å². The van der Waals surface area contributed by atoms with Gasteiger partial charge in [0.15, 0.2) is 11.5 Å². The van der Waals surface area contributed by atoms with E-state index in [1.165, 1.54) is 0 Å². The molecule has 6 nitrogen and oxygen atoms in total. The van der Waals surface area contributed by atoms with Crippen LogP contribution in [0.2, 0.25) is 0 Å². The third-order valence-corrected chi connectivity index (χ3v) is 6.73. The first kappa shape index (κ1) is 26.8. The number of Topliss-reactive ketones (excluding diaryl/α,β-unsaturated/α-hetero) is 1. The highest BCUT2D eigenvalue weighted by atomic mass is 79.9. The van der Waals surface area contributed by atoms with E-state index in [9.17, 15) is 14.7 Å². The average Bonchev–Trinajstić information content (AvgIpc) is 2.77. The molecule has 0 amide bonds. The number of ketones is 1. The standard InChI is InChI=1S/C27H27Br2NO5/c1-15(2)20-13-18(9-16(3)26(20)34)35-27-21(28)10-17(11-22(27)29)12-24(31)19-7-5-6-8-23(19)30(4)14-25(32)33/h5-11,13,15,34H,12,14H2,1-4H3,(H,32,33). The van der Waals surface area contributed by atoms with E-state index in [0.717, 1.165) is 16.7 Å². The molecule has 35 heavy (non-hydrogen) atoms. The van der Waals surface area contributed by atoms with E-state index in [4.69, 9.17) is 9.84 Å². The maximum absolute atomic E-state index is 13.1. The molecule has 2 N–H and O–H groups in total. The van der Waals surface area contributed by atoms with Crippen LogP contribution in [0.1, 0.15) is 46.8 Å². The maximum Gasteiger partial charge on any atom is 0.323 e. The van der Waals surface area contributed by atoms with Gasteiger partial charge < -0.3 is 19.8 Å². The first-order valence-electron chi connectivity index (χ1n) is 11.0. The fraction of sp³-hybridized carbons (Fsp3) is 0.259. The lowest BCUT2D eigenvalue weighted by Crippen LogP contribution is -2.26. The molecule has 0 atom stereocenters. The molecule has 0 bridgehead atoms. The number of aryl methyl sites for hydroxylation is 1. The largest absolute Gasteiger partial charge is 0.507 e. The number of hydrogen-bond acceptors (Lipinski definition) is 5. The Morgan fingerprint density at radius 3 is 2.29 bits per heavy atom. The number of aromatic hydroxyl groups is 1. The van der Waals surface area contributed by atoms with Crippen LogP contribution < -0.4 is 9.64 Å². The monoisotopic (exact) mass is 603 g/mol. The molecule has 0 saturated heterocycles. The molecule has 3 rings (SSSR count). The summed E-state index contributed by atoms with van der Waals surface area (Å²) in [7, 11) is 1.65. The van der Waals surface area contributed by atoms with Crippen LogP contribution in [0.25, 0.3) is 0 Å². The lowest BCUT2D eigenvalue weighted by molar-refractivity contribution is -0.135. The molecule has 0 saturated carbocycles. The highest BCUT2D eigenvalue weighted by Gasteiger charge is 2.19. The van der Waals surface area contributed by atoms with Crippen LogP contribution in [0, 0.1) is 6.92 Å². The number of hydrogen-bond donors (Lipinski definition) is 2. The summed E-state index contributed by atoms with van der Waals surface area (Å²) in [6, 6.07) is 14.3. The van der Waals surface area contributed by atoms with Crippen molar-refractivity contribution in [1.29, 1.82) is 0 Å². The van der Waals surface area contributed by atoms with E-state index >= 15 is 0 Å². The summed E-state index contributed by atoms with van der Waals surface area (Å²) in [4.78, 5) is 25.8. The van der Waals surface area contributed by atoms with Crippen molar-refractivity contribution >= 4 is 49.3 Å². The van der Waals surface area contributed by atoms with Crippen molar-refractivity contribution in [3.63, 3.8) is 0 Å². The number of phenolic OH excluding ortho intramolecular Hbond substituents is 1. The van der Waals surface area contributed by atoms with Gasteiger partial charge in [-0.2, -0.15) is 0 Å². The van der Waals surface area contributed by atoms with Gasteiger partial charge in [-0.25, -0.2) is 0 Å². The number of rotatable bonds is 9. The Morgan fingerprint density at radius 2 is 1.69 bits per heavy atom. The Kier molecular flexibility index (Phi) is 8.61. The minimum absolute atomic E-state index is 0.124. The summed E-state index contributed by atoms with van der Waals surface area (Å²) in [6.07, 6.45) is 0.130. The number of likely N-dealkylation sites (N-methyl/N-ethyl adjacent to an activating group) is 1. The highest BCUT2D eigenvalue weighted by Crippen LogP contribution is 2.41. The number of carbonyl (C=O) groups excluding carboxylic acids is 1. The predicted molar refractivity (Wildman–Crippen MR) is 144 cm³/mol. The molecule has 0 aromatic heterocycles. The Labute approximate surface area is 221 Å². The highest BCUT2D eigenvalue weighted by molar-refractivity contribution is 9.11. The number of aliphatic carboxylic acids is 1. The summed E-state index contributed by atoms with van der Waals surface area (Å²) in [5.74, 6) is 0.472. The number of carbonyl (C=O) groups is 2. The minimum atomic E-state index is -0.970. The molecule has 0 fully saturated rings. The fourth-order valence-corrected chi connectivity index (χ4v) is 5.26. The molecular weight excluding hydrogens is 578 g/mol. The molecule has 0 aliphatic carbocycles. The van der Waals surface area contributed by atoms with Gasteiger partial charge in [-0.05, 0) is 92.2 Å². The molecule has 0 unspecified atom stereocenters. The third-order valence-electron chi connectivity index (χ3n) is 5.56. The lowest BCUT2D eigenvalue weighted by atomic mass is 9.99. The first-order valence-corrected chi connectivity index (χ1v) is 12.6. The summed E-state index contributed by atoms with van der Waals surface area (Å²) in [5, 5.41) is 19.5. The SMILES string of the molecule is Cc1cc(Oc2c(Br)cc(CC(=O)c3ccccc3N(C)CC(=O)O)cc2Br)cc(C(C)C)c1O. The van der Waals surface area contributed by atoms with Crippen molar-refractivity contribution in [3.8, 4) is 17.2 Å². The van der Waals surface area contributed by atoms with Crippen molar-refractivity contribution in [2.24, 2.45) is 0 Å². The van der Waals surface area contributed by atoms with Gasteiger partial charge in [-0.15, -0.1) is 0 Å². The molecule has 184 valence electrons. The Balaban J connectivity index is 1.86. The molecule has 3 aromatic rings. The van der Waals surface area contributed by atoms with Crippen LogP contribution in [-0.2, 0) is 11.2 Å². The quantitative estimate of drug-likeness (QED) is 0.254. The van der Waals surface area contributed by atoms with Gasteiger partial charge in [0, 0.05) is 30.3 Å². The van der Waals surface area contributed by atoms with Gasteiger partial charge in [0.2, 0.25) is 0 Å². The smallest absolute Gasteiger partial charge is 0.323 e. The summed E-state index contributed by atoms with van der Waals surface area (Å²) in [5.41, 5.74) is 3.33. The molecule has 0 aliphatic heterocycles. The molecule has 3 aromatic carbocycles. The van der Waals surface area contributed by atoms with Crippen LogP contribution in [0.15, 0.2) is 57.5 Å². The summed E-state index contributed by atoms with van der Waals surface area (Å²) < 4.78 is 7.49. The van der Waals surface area contributed by atoms with Gasteiger partial charge in [0.1, 0.15) is 18.0 Å². The van der Waals surface area contributed by atoms with E-state index < -0.39 is 5.97 Å². The fourth-order valence-electron chi connectivity index (χ4n) is 3.81. The zero-order valence-corrected chi connectivity index (χ0v) is 23.1. The topological polar surface area (TPSA) is 87.1 Å². The molecular formula is C27H27Br2NO5. The number of anilines is 1. The van der Waals surface area contributed by atoms with E-state index in [0.29, 0.717) is 31.7 Å². The van der Waals surface area contributed by atoms with Crippen molar-refractivity contribution in [1.82, 2.24) is 0 Å². The molecule has 0 heterocycles. The summed E-state index contributed by atoms with van der Waals surface area (Å²) in [6.45, 7) is 5.64. The minimum Gasteiger partial charge on any atom is -0.507 e. The number of carboxylic acids is 1. The Hall–Kier alpha value is -2.84. The zero-order chi connectivity index (χ0) is 25.9. The summed E-state index contributed by atoms with van der Waals surface area (Å²) >= 11 is 7.12. The second-order valence-electron chi connectivity index (χ2n) is 8.69. The van der Waals surface area contributed by atoms with Crippen LogP contribution in [0.4, 0.5) is 5.69 Å². The number of carboxylic acid groups (broad SMARTS) is 1. The van der Waals surface area contributed by atoms with Crippen molar-refractivity contribution in [3.05, 3.63) is 79.7 Å². The van der Waals surface area contributed by atoms with Gasteiger partial charge in [0.25, 0.3) is 0 Å². The van der Waals surface area contributed by atoms with Gasteiger partial charge in [-0.3, -0.25) is 9.59 Å². The van der Waals surface area contributed by atoms with E-state index in [-0.39, 0.29) is 30.4 Å². The second-order valence-corrected chi connectivity index (χ2v) is 10.4. The van der Waals surface area contributed by atoms with Crippen molar-refractivity contribution < 1.29 is 24.5 Å². The normalized spacial score (nSPS) is 10.9. The number of nitrogens with zero attached hydrogens (tertiary/aromatic N) is 1. The Bertz CT molecular complexity index is 1250. The number of halogens is 2. The van der Waals surface area contributed by atoms with Crippen LogP contribution in [0.3, 0.4) is 0 Å². The number of phenols is 1.